The number of aryl methyl sites for hydroxylation is 1. The number of nitrogens with zero attached hydrogens (tertiary/aromatic N) is 3. The Morgan fingerprint density at radius 3 is 2.30 bits per heavy atom. The summed E-state index contributed by atoms with van der Waals surface area (Å²) in [5.41, 5.74) is -0.918. The van der Waals surface area contributed by atoms with E-state index in [1.807, 2.05) is 4.90 Å². The first-order valence-electron chi connectivity index (χ1n) is 9.81. The van der Waals surface area contributed by atoms with Gasteiger partial charge in [-0.1, -0.05) is 25.7 Å². The third kappa shape index (κ3) is 5.32. The number of halogens is 3. The summed E-state index contributed by atoms with van der Waals surface area (Å²) in [5, 5.41) is 3.19. The summed E-state index contributed by atoms with van der Waals surface area (Å²) >= 11 is 0. The van der Waals surface area contributed by atoms with Crippen LogP contribution in [-0.4, -0.2) is 35.0 Å². The molecule has 1 saturated heterocycles. The van der Waals surface area contributed by atoms with Crippen LogP contribution >= 0.6 is 0 Å². The van der Waals surface area contributed by atoms with Gasteiger partial charge >= 0.3 is 6.18 Å². The zero-order valence-electron chi connectivity index (χ0n) is 15.7. The highest BCUT2D eigenvalue weighted by Crippen LogP contribution is 2.31. The molecule has 0 bridgehead atoms. The maximum Gasteiger partial charge on any atom is 0.433 e. The molecule has 0 aromatic carbocycles. The van der Waals surface area contributed by atoms with E-state index in [1.165, 1.54) is 19.8 Å². The molecule has 0 radical (unpaired) electrons. The average molecular weight is 384 g/mol. The minimum absolute atomic E-state index is 0.0745. The molecule has 1 N–H and O–H groups in total. The van der Waals surface area contributed by atoms with Gasteiger partial charge in [-0.05, 0) is 32.6 Å². The second kappa shape index (κ2) is 8.44. The van der Waals surface area contributed by atoms with Crippen LogP contribution in [0.2, 0.25) is 0 Å². The van der Waals surface area contributed by atoms with E-state index in [-0.39, 0.29) is 29.5 Å². The fraction of sp³-hybridized carbons (Fsp3) is 0.737. The molecule has 8 heteroatoms. The number of amides is 1. The van der Waals surface area contributed by atoms with Crippen molar-refractivity contribution >= 4 is 11.7 Å². The quantitative estimate of drug-likeness (QED) is 0.804. The van der Waals surface area contributed by atoms with E-state index in [0.717, 1.165) is 31.7 Å². The summed E-state index contributed by atoms with van der Waals surface area (Å²) in [6, 6.07) is 1.27. The van der Waals surface area contributed by atoms with Crippen LogP contribution in [0.3, 0.4) is 0 Å². The molecule has 5 nitrogen and oxygen atoms in total. The molecule has 3 rings (SSSR count). The highest BCUT2D eigenvalue weighted by molar-refractivity contribution is 5.79. The van der Waals surface area contributed by atoms with E-state index in [4.69, 9.17) is 0 Å². The van der Waals surface area contributed by atoms with E-state index >= 15 is 0 Å². The minimum Gasteiger partial charge on any atom is -0.356 e. The smallest absolute Gasteiger partial charge is 0.356 e. The second-order valence-corrected chi connectivity index (χ2v) is 7.61. The predicted molar refractivity (Wildman–Crippen MR) is 96.3 cm³/mol. The van der Waals surface area contributed by atoms with Crippen LogP contribution < -0.4 is 10.2 Å². The van der Waals surface area contributed by atoms with Crippen LogP contribution in [-0.2, 0) is 11.0 Å². The van der Waals surface area contributed by atoms with Crippen LogP contribution in [0.5, 0.6) is 0 Å². The lowest BCUT2D eigenvalue weighted by Gasteiger charge is -2.33. The molecule has 1 aromatic rings. The van der Waals surface area contributed by atoms with Crippen molar-refractivity contribution in [3.63, 3.8) is 0 Å². The van der Waals surface area contributed by atoms with Gasteiger partial charge in [0, 0.05) is 31.1 Å². The molecule has 0 unspecified atom stereocenters. The fourth-order valence-electron chi connectivity index (χ4n) is 3.97. The van der Waals surface area contributed by atoms with Crippen LogP contribution in [0, 0.1) is 12.8 Å². The van der Waals surface area contributed by atoms with Crippen molar-refractivity contribution in [2.24, 2.45) is 5.92 Å². The maximum atomic E-state index is 13.0. The Balaban J connectivity index is 1.57. The number of hydrogen-bond donors (Lipinski definition) is 1. The topological polar surface area (TPSA) is 58.1 Å². The van der Waals surface area contributed by atoms with Gasteiger partial charge in [-0.25, -0.2) is 9.97 Å². The highest BCUT2D eigenvalue weighted by atomic mass is 19.4. The van der Waals surface area contributed by atoms with Gasteiger partial charge in [-0.15, -0.1) is 0 Å². The molecule has 1 aliphatic carbocycles. The molecular formula is C19H27F3N4O. The Hall–Kier alpha value is -1.86. The highest BCUT2D eigenvalue weighted by Gasteiger charge is 2.34. The van der Waals surface area contributed by atoms with Crippen molar-refractivity contribution < 1.29 is 18.0 Å². The normalized spacial score (nSPS) is 20.4. The average Bonchev–Trinajstić information content (AvgIpc) is 2.89. The van der Waals surface area contributed by atoms with E-state index in [1.54, 1.807) is 0 Å². The van der Waals surface area contributed by atoms with Crippen molar-refractivity contribution in [3.8, 4) is 0 Å². The lowest BCUT2D eigenvalue weighted by Crippen LogP contribution is -2.44. The molecule has 150 valence electrons. The van der Waals surface area contributed by atoms with Gasteiger partial charge in [0.2, 0.25) is 5.91 Å². The zero-order chi connectivity index (χ0) is 19.4. The Morgan fingerprint density at radius 2 is 1.70 bits per heavy atom. The van der Waals surface area contributed by atoms with Crippen molar-refractivity contribution in [1.82, 2.24) is 15.3 Å². The van der Waals surface area contributed by atoms with Crippen LogP contribution in [0.15, 0.2) is 6.07 Å². The van der Waals surface area contributed by atoms with Gasteiger partial charge < -0.3 is 10.2 Å². The molecule has 1 saturated carbocycles. The molecular weight excluding hydrogens is 357 g/mol. The first-order valence-corrected chi connectivity index (χ1v) is 9.81. The van der Waals surface area contributed by atoms with Gasteiger partial charge in [-0.2, -0.15) is 13.2 Å². The molecule has 1 aliphatic heterocycles. The first-order chi connectivity index (χ1) is 12.8. The lowest BCUT2D eigenvalue weighted by atomic mass is 9.95. The number of aromatic nitrogens is 2. The van der Waals surface area contributed by atoms with E-state index in [0.29, 0.717) is 25.9 Å². The van der Waals surface area contributed by atoms with Crippen molar-refractivity contribution in [2.45, 2.75) is 70.5 Å². The van der Waals surface area contributed by atoms with Gasteiger partial charge in [0.25, 0.3) is 0 Å². The third-order valence-corrected chi connectivity index (χ3v) is 5.51. The number of anilines is 1. The van der Waals surface area contributed by atoms with Gasteiger partial charge in [-0.3, -0.25) is 4.79 Å². The summed E-state index contributed by atoms with van der Waals surface area (Å²) in [6.45, 7) is 2.51. The van der Waals surface area contributed by atoms with Crippen molar-refractivity contribution in [2.75, 3.05) is 18.0 Å². The SMILES string of the molecule is Cc1nc(N2CCC(C(=O)NC3CCCCCC3)CC2)cc(C(F)(F)F)n1. The molecule has 2 aliphatic rings. The van der Waals surface area contributed by atoms with Crippen molar-refractivity contribution in [1.29, 1.82) is 0 Å². The Morgan fingerprint density at radius 1 is 1.07 bits per heavy atom. The van der Waals surface area contributed by atoms with Crippen molar-refractivity contribution in [3.05, 3.63) is 17.6 Å². The molecule has 1 amide bonds. The Bertz CT molecular complexity index is 649. The van der Waals surface area contributed by atoms with Crippen LogP contribution in [0.25, 0.3) is 0 Å². The van der Waals surface area contributed by atoms with E-state index < -0.39 is 11.9 Å². The number of carbonyl (C=O) groups excluding carboxylic acids is 1. The maximum absolute atomic E-state index is 13.0. The largest absolute Gasteiger partial charge is 0.433 e. The number of nitrogens with one attached hydrogen (secondary N) is 1. The summed E-state index contributed by atoms with van der Waals surface area (Å²) < 4.78 is 38.9. The fourth-order valence-corrected chi connectivity index (χ4v) is 3.97. The van der Waals surface area contributed by atoms with Crippen LogP contribution in [0.4, 0.5) is 19.0 Å². The molecule has 2 heterocycles. The van der Waals surface area contributed by atoms with E-state index in [2.05, 4.69) is 15.3 Å². The number of rotatable bonds is 3. The Kier molecular flexibility index (Phi) is 6.22. The lowest BCUT2D eigenvalue weighted by molar-refractivity contribution is -0.141. The first kappa shape index (κ1) is 19.9. The predicted octanol–water partition coefficient (Wildman–Crippen LogP) is 3.86. The number of alkyl halides is 3. The van der Waals surface area contributed by atoms with Gasteiger partial charge in [0.15, 0.2) is 0 Å². The summed E-state index contributed by atoms with van der Waals surface area (Å²) in [5.74, 6) is 0.413. The van der Waals surface area contributed by atoms with Crippen LogP contribution in [0.1, 0.15) is 62.9 Å². The molecule has 0 atom stereocenters. The zero-order valence-corrected chi connectivity index (χ0v) is 15.7. The molecule has 27 heavy (non-hydrogen) atoms. The number of hydrogen-bond acceptors (Lipinski definition) is 4. The standard InChI is InChI=1S/C19H27F3N4O/c1-13-23-16(19(20,21)22)12-17(24-13)26-10-8-14(9-11-26)18(27)25-15-6-4-2-3-5-7-15/h12,14-15H,2-11H2,1H3,(H,25,27). The van der Waals surface area contributed by atoms with E-state index in [9.17, 15) is 18.0 Å². The van der Waals surface area contributed by atoms with Gasteiger partial charge in [0.1, 0.15) is 17.3 Å². The number of piperidine rings is 1. The molecule has 2 fully saturated rings. The second-order valence-electron chi connectivity index (χ2n) is 7.61. The third-order valence-electron chi connectivity index (χ3n) is 5.51. The molecule has 1 aromatic heterocycles. The minimum atomic E-state index is -4.49. The Labute approximate surface area is 157 Å². The summed E-state index contributed by atoms with van der Waals surface area (Å²) in [7, 11) is 0. The number of carbonyl (C=O) groups is 1. The molecule has 0 spiro atoms. The summed E-state index contributed by atoms with van der Waals surface area (Å²) in [6.07, 6.45) is 3.67. The monoisotopic (exact) mass is 384 g/mol. The van der Waals surface area contributed by atoms with Gasteiger partial charge in [0.05, 0.1) is 0 Å². The summed E-state index contributed by atoms with van der Waals surface area (Å²) in [4.78, 5) is 22.0.